The van der Waals surface area contributed by atoms with E-state index in [1.165, 1.54) is 0 Å². The Bertz CT molecular complexity index is 995. The number of nitrogens with zero attached hydrogens (tertiary/aromatic N) is 1. The van der Waals surface area contributed by atoms with Crippen molar-refractivity contribution in [3.8, 4) is 11.1 Å². The summed E-state index contributed by atoms with van der Waals surface area (Å²) >= 11 is -2.05. The van der Waals surface area contributed by atoms with Gasteiger partial charge in [-0.3, -0.25) is 9.35 Å². The molecule has 3 aromatic rings. The highest BCUT2D eigenvalue weighted by molar-refractivity contribution is 7.77. The average molecular weight is 342 g/mol. The molecule has 3 rings (SSSR count). The van der Waals surface area contributed by atoms with E-state index in [1.807, 2.05) is 55.6 Å². The van der Waals surface area contributed by atoms with Gasteiger partial charge in [-0.05, 0) is 41.1 Å². The second kappa shape index (κ2) is 6.68. The van der Waals surface area contributed by atoms with Gasteiger partial charge in [-0.15, -0.1) is 0 Å². The van der Waals surface area contributed by atoms with Crippen LogP contribution in [0.1, 0.15) is 11.1 Å². The number of hydrogen-bond acceptors (Lipinski definition) is 2. The van der Waals surface area contributed by atoms with Gasteiger partial charge >= 0.3 is 0 Å². The van der Waals surface area contributed by atoms with Crippen LogP contribution in [0.4, 0.5) is 0 Å². The summed E-state index contributed by atoms with van der Waals surface area (Å²) in [6.07, 6.45) is 1.84. The molecule has 0 aliphatic carbocycles. The number of aryl methyl sites for hydroxylation is 2. The molecule has 0 amide bonds. The summed E-state index contributed by atoms with van der Waals surface area (Å²) in [5.41, 5.74) is 3.92. The fourth-order valence-corrected chi connectivity index (χ4v) is 3.14. The van der Waals surface area contributed by atoms with Crippen molar-refractivity contribution in [3.63, 3.8) is 0 Å². The van der Waals surface area contributed by atoms with Crippen molar-refractivity contribution in [1.82, 2.24) is 9.29 Å². The molecule has 5 nitrogen and oxygen atoms in total. The van der Waals surface area contributed by atoms with Gasteiger partial charge in [0, 0.05) is 30.7 Å². The lowest BCUT2D eigenvalue weighted by Gasteiger charge is -2.13. The van der Waals surface area contributed by atoms with Gasteiger partial charge in [-0.25, -0.2) is 8.93 Å². The Morgan fingerprint density at radius 3 is 2.54 bits per heavy atom. The maximum absolute atomic E-state index is 12.3. The van der Waals surface area contributed by atoms with E-state index in [0.29, 0.717) is 11.9 Å². The van der Waals surface area contributed by atoms with Crippen molar-refractivity contribution < 1.29 is 8.76 Å². The van der Waals surface area contributed by atoms with E-state index in [4.69, 9.17) is 4.55 Å². The van der Waals surface area contributed by atoms with Crippen LogP contribution in [0.2, 0.25) is 0 Å². The lowest BCUT2D eigenvalue weighted by molar-refractivity contribution is 0.548. The van der Waals surface area contributed by atoms with Crippen LogP contribution in [-0.4, -0.2) is 13.3 Å². The molecule has 0 aliphatic rings. The Morgan fingerprint density at radius 1 is 1.12 bits per heavy atom. The van der Waals surface area contributed by atoms with Gasteiger partial charge in [0.2, 0.25) is 11.3 Å². The number of benzene rings is 2. The molecule has 2 aromatic carbocycles. The molecule has 2 N–H and O–H groups in total. The number of aromatic nitrogens is 1. The lowest BCUT2D eigenvalue weighted by Crippen LogP contribution is -2.17. The predicted octanol–water partition coefficient (Wildman–Crippen LogP) is 2.74. The SMILES string of the molecule is Cc1ccc(CNS(=O)O)cc1-c1cn(C)c(=O)c2ccccc12. The summed E-state index contributed by atoms with van der Waals surface area (Å²) in [4.78, 5) is 12.3. The summed E-state index contributed by atoms with van der Waals surface area (Å²) in [5.74, 6) is 0. The first-order chi connectivity index (χ1) is 11.5. The molecule has 0 radical (unpaired) electrons. The highest BCUT2D eigenvalue weighted by atomic mass is 32.2. The highest BCUT2D eigenvalue weighted by Gasteiger charge is 2.11. The van der Waals surface area contributed by atoms with E-state index in [9.17, 15) is 9.00 Å². The van der Waals surface area contributed by atoms with E-state index in [2.05, 4.69) is 4.72 Å². The first kappa shape index (κ1) is 16.6. The second-order valence-corrected chi connectivity index (χ2v) is 6.51. The molecular weight excluding hydrogens is 324 g/mol. The largest absolute Gasteiger partial charge is 0.317 e. The minimum atomic E-state index is -2.05. The summed E-state index contributed by atoms with van der Waals surface area (Å²) in [7, 11) is 1.74. The maximum atomic E-state index is 12.3. The third-order valence-electron chi connectivity index (χ3n) is 4.08. The van der Waals surface area contributed by atoms with Crippen LogP contribution in [-0.2, 0) is 24.9 Å². The van der Waals surface area contributed by atoms with Crippen molar-refractivity contribution in [3.05, 3.63) is 70.1 Å². The van der Waals surface area contributed by atoms with Gasteiger partial charge in [0.15, 0.2) is 0 Å². The van der Waals surface area contributed by atoms with Gasteiger partial charge in [-0.1, -0.05) is 30.3 Å². The van der Waals surface area contributed by atoms with Crippen LogP contribution in [0.5, 0.6) is 0 Å². The molecule has 0 fully saturated rings. The van der Waals surface area contributed by atoms with Crippen molar-refractivity contribution in [2.24, 2.45) is 7.05 Å². The molecule has 1 unspecified atom stereocenters. The van der Waals surface area contributed by atoms with Crippen molar-refractivity contribution in [2.45, 2.75) is 13.5 Å². The molecule has 24 heavy (non-hydrogen) atoms. The minimum absolute atomic E-state index is 0.0273. The van der Waals surface area contributed by atoms with Crippen molar-refractivity contribution in [2.75, 3.05) is 0 Å². The third-order valence-corrected chi connectivity index (χ3v) is 4.47. The first-order valence-corrected chi connectivity index (χ1v) is 8.60. The number of rotatable bonds is 4. The molecule has 1 aromatic heterocycles. The van der Waals surface area contributed by atoms with E-state index in [1.54, 1.807) is 11.6 Å². The zero-order valence-corrected chi connectivity index (χ0v) is 14.3. The van der Waals surface area contributed by atoms with E-state index in [-0.39, 0.29) is 5.56 Å². The summed E-state index contributed by atoms with van der Waals surface area (Å²) in [6, 6.07) is 13.4. The smallest absolute Gasteiger partial charge is 0.258 e. The third kappa shape index (κ3) is 3.17. The zero-order chi connectivity index (χ0) is 17.3. The fraction of sp³-hybridized carbons (Fsp3) is 0.167. The highest BCUT2D eigenvalue weighted by Crippen LogP contribution is 2.30. The average Bonchev–Trinajstić information content (AvgIpc) is 2.57. The Labute approximate surface area is 142 Å². The topological polar surface area (TPSA) is 71.3 Å². The van der Waals surface area contributed by atoms with Crippen LogP contribution in [0, 0.1) is 6.92 Å². The van der Waals surface area contributed by atoms with Crippen LogP contribution in [0.25, 0.3) is 21.9 Å². The number of nitrogens with one attached hydrogen (secondary N) is 1. The normalized spacial score (nSPS) is 12.5. The monoisotopic (exact) mass is 342 g/mol. The standard InChI is InChI=1S/C18H18N2O3S/c1-12-7-8-13(10-19-24(22)23)9-16(12)17-11-20(2)18(21)15-6-4-3-5-14(15)17/h3-9,11,19H,10H2,1-2H3,(H,22,23). The van der Waals surface area contributed by atoms with Gasteiger partial charge in [0.25, 0.3) is 5.56 Å². The summed E-state index contributed by atoms with van der Waals surface area (Å²) in [6.45, 7) is 2.30. The molecule has 1 heterocycles. The Balaban J connectivity index is 2.20. The quantitative estimate of drug-likeness (QED) is 0.716. The van der Waals surface area contributed by atoms with E-state index >= 15 is 0 Å². The number of pyridine rings is 1. The Hall–Kier alpha value is -2.28. The molecule has 0 saturated carbocycles. The summed E-state index contributed by atoms with van der Waals surface area (Å²) in [5, 5.41) is 1.58. The van der Waals surface area contributed by atoms with Gasteiger partial charge < -0.3 is 4.57 Å². The zero-order valence-electron chi connectivity index (χ0n) is 13.4. The fourth-order valence-electron chi connectivity index (χ4n) is 2.85. The van der Waals surface area contributed by atoms with Crippen LogP contribution < -0.4 is 10.3 Å². The molecule has 0 saturated heterocycles. The lowest BCUT2D eigenvalue weighted by atomic mass is 9.95. The van der Waals surface area contributed by atoms with Gasteiger partial charge in [0.1, 0.15) is 0 Å². The molecule has 0 aliphatic heterocycles. The van der Waals surface area contributed by atoms with Gasteiger partial charge in [-0.2, -0.15) is 0 Å². The van der Waals surface area contributed by atoms with Crippen LogP contribution in [0.3, 0.4) is 0 Å². The summed E-state index contributed by atoms with van der Waals surface area (Å²) < 4.78 is 23.8. The molecule has 0 spiro atoms. The Kier molecular flexibility index (Phi) is 4.62. The predicted molar refractivity (Wildman–Crippen MR) is 97.0 cm³/mol. The Morgan fingerprint density at radius 2 is 1.83 bits per heavy atom. The van der Waals surface area contributed by atoms with Crippen LogP contribution >= 0.6 is 0 Å². The van der Waals surface area contributed by atoms with E-state index < -0.39 is 11.3 Å². The maximum Gasteiger partial charge on any atom is 0.258 e. The molecule has 0 bridgehead atoms. The van der Waals surface area contributed by atoms with E-state index in [0.717, 1.165) is 27.6 Å². The molecule has 124 valence electrons. The van der Waals surface area contributed by atoms with Crippen LogP contribution in [0.15, 0.2) is 53.5 Å². The minimum Gasteiger partial charge on any atom is -0.317 e. The number of hydrogen-bond donors (Lipinski definition) is 2. The first-order valence-electron chi connectivity index (χ1n) is 7.50. The van der Waals surface area contributed by atoms with Crippen molar-refractivity contribution >= 4 is 22.0 Å². The van der Waals surface area contributed by atoms with Crippen molar-refractivity contribution in [1.29, 1.82) is 0 Å². The number of fused-ring (bicyclic) bond motifs is 1. The molecule has 1 atom stereocenters. The molecular formula is C18H18N2O3S. The van der Waals surface area contributed by atoms with Gasteiger partial charge in [0.05, 0.1) is 0 Å². The second-order valence-electron chi connectivity index (χ2n) is 5.72. The molecule has 6 heteroatoms.